The number of anilines is 1. The van der Waals surface area contributed by atoms with Crippen molar-refractivity contribution >= 4 is 34.4 Å². The molecule has 36 heavy (non-hydrogen) atoms. The average molecular weight is 505 g/mol. The number of carbonyl (C=O) groups is 1. The highest BCUT2D eigenvalue weighted by Crippen LogP contribution is 2.43. The molecule has 0 spiro atoms. The first-order valence-corrected chi connectivity index (χ1v) is 13.8. The van der Waals surface area contributed by atoms with Crippen LogP contribution in [0.1, 0.15) is 57.6 Å². The summed E-state index contributed by atoms with van der Waals surface area (Å²) in [5.41, 5.74) is 4.04. The first-order valence-electron chi connectivity index (χ1n) is 12.6. The molecule has 5 rings (SSSR count). The summed E-state index contributed by atoms with van der Waals surface area (Å²) in [6.45, 7) is 3.56. The van der Waals surface area contributed by atoms with Crippen molar-refractivity contribution in [3.8, 4) is 23.1 Å². The second-order valence-corrected chi connectivity index (χ2v) is 11.0. The Bertz CT molecular complexity index is 1280. The molecule has 2 heterocycles. The number of nitrogens with zero attached hydrogens (tertiary/aromatic N) is 3. The number of carbonyl (C=O) groups excluding carboxylic acids is 1. The minimum atomic E-state index is -0.608. The largest absolute Gasteiger partial charge is 0.490 e. The molecule has 1 aliphatic heterocycles. The maximum Gasteiger partial charge on any atom is 0.429 e. The van der Waals surface area contributed by atoms with Gasteiger partial charge in [0.15, 0.2) is 0 Å². The minimum absolute atomic E-state index is 0.250. The molecule has 1 saturated heterocycles. The maximum absolute atomic E-state index is 12.2. The van der Waals surface area contributed by atoms with Gasteiger partial charge in [0.25, 0.3) is 0 Å². The topological polar surface area (TPSA) is 93.5 Å². The molecular formula is C28H32N4O3S. The third kappa shape index (κ3) is 4.78. The van der Waals surface area contributed by atoms with Gasteiger partial charge >= 0.3 is 6.09 Å². The van der Waals surface area contributed by atoms with E-state index >= 15 is 0 Å². The highest BCUT2D eigenvalue weighted by Gasteiger charge is 2.28. The zero-order chi connectivity index (χ0) is 25.2. The van der Waals surface area contributed by atoms with E-state index < -0.39 is 6.09 Å². The molecule has 1 aromatic heterocycles. The zero-order valence-corrected chi connectivity index (χ0v) is 21.6. The zero-order valence-electron chi connectivity index (χ0n) is 20.8. The van der Waals surface area contributed by atoms with Gasteiger partial charge in [0.05, 0.1) is 28.6 Å². The molecule has 1 aliphatic carbocycles. The highest BCUT2D eigenvalue weighted by atomic mass is 32.2. The standard InChI is InChI=1S/C28H32N4O3S/c1-18(2)34-28(33)32(30)21-8-6-19(7-9-21)27-25(17-29)24-11-10-23(35-22-12-14-36-15-13-22)16-26(24)31(27)20-4-3-5-20/h6-11,16,18,20,22H,3-5,12-15,30H2,1-2H3. The van der Waals surface area contributed by atoms with Crippen molar-refractivity contribution in [3.63, 3.8) is 0 Å². The lowest BCUT2D eigenvalue weighted by Crippen LogP contribution is -2.39. The van der Waals surface area contributed by atoms with Crippen LogP contribution in [0.4, 0.5) is 10.5 Å². The molecule has 1 amide bonds. The number of amides is 1. The number of nitriles is 1. The second-order valence-electron chi connectivity index (χ2n) is 9.75. The van der Waals surface area contributed by atoms with Crippen LogP contribution >= 0.6 is 11.8 Å². The molecule has 2 aromatic carbocycles. The van der Waals surface area contributed by atoms with E-state index in [4.69, 9.17) is 15.3 Å². The van der Waals surface area contributed by atoms with Gasteiger partial charge < -0.3 is 14.0 Å². The van der Waals surface area contributed by atoms with Gasteiger partial charge in [-0.15, -0.1) is 0 Å². The minimum Gasteiger partial charge on any atom is -0.490 e. The van der Waals surface area contributed by atoms with Gasteiger partial charge in [0.2, 0.25) is 0 Å². The van der Waals surface area contributed by atoms with Crippen molar-refractivity contribution in [2.45, 2.75) is 64.2 Å². The van der Waals surface area contributed by atoms with E-state index in [9.17, 15) is 10.1 Å². The number of rotatable bonds is 6. The second kappa shape index (κ2) is 10.5. The van der Waals surface area contributed by atoms with Crippen LogP contribution in [0.5, 0.6) is 5.75 Å². The van der Waals surface area contributed by atoms with Crippen LogP contribution < -0.4 is 15.6 Å². The van der Waals surface area contributed by atoms with Gasteiger partial charge in [-0.3, -0.25) is 0 Å². The first kappa shape index (κ1) is 24.5. The Labute approximate surface area is 216 Å². The third-order valence-electron chi connectivity index (χ3n) is 6.95. The number of fused-ring (bicyclic) bond motifs is 1. The number of ether oxygens (including phenoxy) is 2. The molecule has 2 aliphatic rings. The molecule has 188 valence electrons. The van der Waals surface area contributed by atoms with Gasteiger partial charge in [-0.2, -0.15) is 17.0 Å². The Balaban J connectivity index is 1.53. The monoisotopic (exact) mass is 504 g/mol. The van der Waals surface area contributed by atoms with E-state index in [1.165, 1.54) is 6.42 Å². The fraction of sp³-hybridized carbons (Fsp3) is 0.429. The smallest absolute Gasteiger partial charge is 0.429 e. The normalized spacial score (nSPS) is 16.5. The Hall–Kier alpha value is -3.15. The summed E-state index contributed by atoms with van der Waals surface area (Å²) in [6.07, 6.45) is 4.87. The SMILES string of the molecule is CC(C)OC(=O)N(N)c1ccc(-c2c(C#N)c3ccc(OC4CCSCC4)cc3n2C2CCC2)cc1. The molecule has 0 bridgehead atoms. The number of thioether (sulfide) groups is 1. The number of hydrazine groups is 1. The van der Waals surface area contributed by atoms with E-state index in [-0.39, 0.29) is 12.2 Å². The molecule has 8 heteroatoms. The Morgan fingerprint density at radius 2 is 1.86 bits per heavy atom. The molecular weight excluding hydrogens is 472 g/mol. The van der Waals surface area contributed by atoms with E-state index in [2.05, 4.69) is 16.7 Å². The summed E-state index contributed by atoms with van der Waals surface area (Å²) in [4.78, 5) is 12.2. The molecule has 1 saturated carbocycles. The summed E-state index contributed by atoms with van der Waals surface area (Å²) in [6, 6.07) is 16.3. The molecule has 3 aromatic rings. The van der Waals surface area contributed by atoms with E-state index in [0.717, 1.165) is 70.1 Å². The van der Waals surface area contributed by atoms with Crippen LogP contribution in [-0.2, 0) is 4.74 Å². The van der Waals surface area contributed by atoms with E-state index in [1.54, 1.807) is 26.0 Å². The van der Waals surface area contributed by atoms with Crippen molar-refractivity contribution in [1.29, 1.82) is 5.26 Å². The lowest BCUT2D eigenvalue weighted by Gasteiger charge is -2.30. The lowest BCUT2D eigenvalue weighted by molar-refractivity contribution is 0.122. The lowest BCUT2D eigenvalue weighted by atomic mass is 9.92. The number of nitrogens with two attached hydrogens (primary N) is 1. The van der Waals surface area contributed by atoms with Crippen LogP contribution in [0.25, 0.3) is 22.2 Å². The fourth-order valence-corrected chi connectivity index (χ4v) is 5.98. The van der Waals surface area contributed by atoms with Crippen molar-refractivity contribution in [1.82, 2.24) is 4.57 Å². The number of hydrogen-bond donors (Lipinski definition) is 1. The summed E-state index contributed by atoms with van der Waals surface area (Å²) in [5.74, 6) is 9.12. The fourth-order valence-electron chi connectivity index (χ4n) is 4.91. The molecule has 0 radical (unpaired) electrons. The molecule has 0 atom stereocenters. The molecule has 2 fully saturated rings. The summed E-state index contributed by atoms with van der Waals surface area (Å²) in [7, 11) is 0. The Kier molecular flexibility index (Phi) is 7.13. The third-order valence-corrected chi connectivity index (χ3v) is 8.00. The number of benzene rings is 2. The maximum atomic E-state index is 12.2. The van der Waals surface area contributed by atoms with Gasteiger partial charge in [-0.05, 0) is 87.3 Å². The van der Waals surface area contributed by atoms with Crippen molar-refractivity contribution in [2.75, 3.05) is 16.5 Å². The Morgan fingerprint density at radius 1 is 1.14 bits per heavy atom. The van der Waals surface area contributed by atoms with Crippen molar-refractivity contribution in [2.24, 2.45) is 5.84 Å². The van der Waals surface area contributed by atoms with Crippen LogP contribution in [0.2, 0.25) is 0 Å². The van der Waals surface area contributed by atoms with Gasteiger partial charge in [-0.25, -0.2) is 15.6 Å². The van der Waals surface area contributed by atoms with Gasteiger partial charge in [0, 0.05) is 17.5 Å². The summed E-state index contributed by atoms with van der Waals surface area (Å²) < 4.78 is 13.9. The van der Waals surface area contributed by atoms with Crippen LogP contribution in [0, 0.1) is 11.3 Å². The first-order chi connectivity index (χ1) is 17.5. The van der Waals surface area contributed by atoms with E-state index in [1.807, 2.05) is 36.0 Å². The van der Waals surface area contributed by atoms with Crippen LogP contribution in [0.3, 0.4) is 0 Å². The predicted molar refractivity (Wildman–Crippen MR) is 144 cm³/mol. The van der Waals surface area contributed by atoms with Gasteiger partial charge in [0.1, 0.15) is 17.9 Å². The molecule has 7 nitrogen and oxygen atoms in total. The Morgan fingerprint density at radius 3 is 2.47 bits per heavy atom. The van der Waals surface area contributed by atoms with Crippen molar-refractivity contribution < 1.29 is 14.3 Å². The van der Waals surface area contributed by atoms with Gasteiger partial charge in [-0.1, -0.05) is 12.1 Å². The number of hydrogen-bond acceptors (Lipinski definition) is 6. The number of aromatic nitrogens is 1. The van der Waals surface area contributed by atoms with Crippen LogP contribution in [-0.4, -0.2) is 34.4 Å². The highest BCUT2D eigenvalue weighted by molar-refractivity contribution is 7.99. The van der Waals surface area contributed by atoms with Crippen molar-refractivity contribution in [3.05, 3.63) is 48.0 Å². The van der Waals surface area contributed by atoms with E-state index in [0.29, 0.717) is 17.3 Å². The summed E-state index contributed by atoms with van der Waals surface area (Å²) >= 11 is 1.98. The summed E-state index contributed by atoms with van der Waals surface area (Å²) in [5, 5.41) is 12.2. The molecule has 0 unspecified atom stereocenters. The quantitative estimate of drug-likeness (QED) is 0.237. The average Bonchev–Trinajstić information content (AvgIpc) is 3.16. The predicted octanol–water partition coefficient (Wildman–Crippen LogP) is 6.40. The molecule has 2 N–H and O–H groups in total. The van der Waals surface area contributed by atoms with Crippen LogP contribution in [0.15, 0.2) is 42.5 Å².